The van der Waals surface area contributed by atoms with Crippen LogP contribution in [-0.4, -0.2) is 50.0 Å². The number of benzene rings is 2. The van der Waals surface area contributed by atoms with Gasteiger partial charge in [-0.2, -0.15) is 13.2 Å². The number of alkyl halides is 3. The smallest absolute Gasteiger partial charge is 0.352 e. The van der Waals surface area contributed by atoms with Crippen molar-refractivity contribution in [2.45, 2.75) is 58.4 Å². The number of carbonyl (C=O) groups excluding carboxylic acids is 2. The highest BCUT2D eigenvalue weighted by Gasteiger charge is 2.32. The van der Waals surface area contributed by atoms with Crippen molar-refractivity contribution in [1.29, 1.82) is 0 Å². The zero-order chi connectivity index (χ0) is 27.1. The van der Waals surface area contributed by atoms with Gasteiger partial charge in [-0.1, -0.05) is 36.4 Å². The lowest BCUT2D eigenvalue weighted by molar-refractivity contribution is -0.140. The molecule has 0 heterocycles. The number of carbonyl (C=O) groups is 2. The second kappa shape index (κ2) is 12.2. The van der Waals surface area contributed by atoms with Crippen molar-refractivity contribution in [3.8, 4) is 0 Å². The molecule has 0 aliphatic rings. The number of anilines is 1. The number of hydrogen-bond donors (Lipinski definition) is 1. The minimum atomic E-state index is -4.63. The van der Waals surface area contributed by atoms with Crippen LogP contribution in [0.25, 0.3) is 0 Å². The van der Waals surface area contributed by atoms with E-state index >= 15 is 0 Å². The Labute approximate surface area is 210 Å². The van der Waals surface area contributed by atoms with E-state index in [1.54, 1.807) is 6.92 Å². The van der Waals surface area contributed by atoms with E-state index in [1.807, 2.05) is 44.2 Å². The van der Waals surface area contributed by atoms with E-state index in [9.17, 15) is 31.2 Å². The quantitative estimate of drug-likeness (QED) is 0.475. The molecule has 0 aliphatic carbocycles. The molecule has 0 radical (unpaired) electrons. The molecule has 0 saturated heterocycles. The van der Waals surface area contributed by atoms with Crippen LogP contribution in [0.4, 0.5) is 18.9 Å². The van der Waals surface area contributed by atoms with Crippen molar-refractivity contribution in [2.24, 2.45) is 0 Å². The predicted molar refractivity (Wildman–Crippen MR) is 133 cm³/mol. The maximum atomic E-state index is 13.2. The molecular weight excluding hydrogens is 495 g/mol. The number of amides is 2. The van der Waals surface area contributed by atoms with E-state index in [0.29, 0.717) is 0 Å². The highest BCUT2D eigenvalue weighted by molar-refractivity contribution is 7.92. The summed E-state index contributed by atoms with van der Waals surface area (Å²) in [6.07, 6.45) is -3.78. The van der Waals surface area contributed by atoms with E-state index in [2.05, 4.69) is 5.32 Å². The number of rotatable bonds is 11. The molecule has 2 aromatic carbocycles. The summed E-state index contributed by atoms with van der Waals surface area (Å²) in [5, 5.41) is 2.78. The largest absolute Gasteiger partial charge is 0.416 e. The Bertz CT molecular complexity index is 1140. The number of halogens is 3. The van der Waals surface area contributed by atoms with Gasteiger partial charge in [0.2, 0.25) is 21.8 Å². The van der Waals surface area contributed by atoms with Crippen LogP contribution >= 0.6 is 0 Å². The molecule has 36 heavy (non-hydrogen) atoms. The molecular formula is C25H32F3N3O4S. The third-order valence-corrected chi connectivity index (χ3v) is 6.60. The number of nitrogens with one attached hydrogen (secondary N) is 1. The highest BCUT2D eigenvalue weighted by atomic mass is 32.2. The van der Waals surface area contributed by atoms with Gasteiger partial charge < -0.3 is 10.2 Å². The Balaban J connectivity index is 2.19. The van der Waals surface area contributed by atoms with E-state index in [1.165, 1.54) is 11.0 Å². The van der Waals surface area contributed by atoms with Gasteiger partial charge in [0.1, 0.15) is 6.04 Å². The number of nitrogens with zero attached hydrogens (tertiary/aromatic N) is 2. The van der Waals surface area contributed by atoms with Crippen LogP contribution in [0, 0.1) is 0 Å². The lowest BCUT2D eigenvalue weighted by Crippen LogP contribution is -2.49. The van der Waals surface area contributed by atoms with Crippen LogP contribution in [-0.2, 0) is 32.3 Å². The van der Waals surface area contributed by atoms with Gasteiger partial charge in [-0.05, 0) is 51.0 Å². The Hall–Kier alpha value is -3.08. The van der Waals surface area contributed by atoms with E-state index < -0.39 is 27.8 Å². The molecule has 11 heteroatoms. The molecule has 0 fully saturated rings. The third-order valence-electron chi connectivity index (χ3n) is 5.41. The third kappa shape index (κ3) is 8.54. The molecule has 2 aromatic rings. The van der Waals surface area contributed by atoms with Gasteiger partial charge >= 0.3 is 6.18 Å². The zero-order valence-electron chi connectivity index (χ0n) is 20.7. The van der Waals surface area contributed by atoms with E-state index in [0.717, 1.165) is 34.3 Å². The molecule has 1 N–H and O–H groups in total. The van der Waals surface area contributed by atoms with Crippen LogP contribution in [0.1, 0.15) is 44.7 Å². The Kier molecular flexibility index (Phi) is 9.92. The molecule has 0 spiro atoms. The second-order valence-corrected chi connectivity index (χ2v) is 10.7. The predicted octanol–water partition coefficient (Wildman–Crippen LogP) is 4.19. The van der Waals surface area contributed by atoms with Gasteiger partial charge in [0.25, 0.3) is 0 Å². The van der Waals surface area contributed by atoms with Crippen LogP contribution in [0.5, 0.6) is 0 Å². The molecule has 0 saturated carbocycles. The first kappa shape index (κ1) is 29.2. The van der Waals surface area contributed by atoms with E-state index in [4.69, 9.17) is 0 Å². The fourth-order valence-electron chi connectivity index (χ4n) is 3.61. The van der Waals surface area contributed by atoms with Gasteiger partial charge in [-0.15, -0.1) is 0 Å². The van der Waals surface area contributed by atoms with Crippen LogP contribution in [0.15, 0.2) is 54.6 Å². The van der Waals surface area contributed by atoms with Gasteiger partial charge in [0, 0.05) is 25.6 Å². The van der Waals surface area contributed by atoms with Gasteiger partial charge in [0.15, 0.2) is 0 Å². The fraction of sp³-hybridized carbons (Fsp3) is 0.440. The monoisotopic (exact) mass is 527 g/mol. The summed E-state index contributed by atoms with van der Waals surface area (Å²) in [6.45, 7) is 5.21. The minimum Gasteiger partial charge on any atom is -0.352 e. The van der Waals surface area contributed by atoms with Crippen LogP contribution < -0.4 is 9.62 Å². The van der Waals surface area contributed by atoms with Crippen molar-refractivity contribution in [3.05, 3.63) is 65.7 Å². The summed E-state index contributed by atoms with van der Waals surface area (Å²) >= 11 is 0. The Morgan fingerprint density at radius 3 is 2.19 bits per heavy atom. The average molecular weight is 528 g/mol. The van der Waals surface area contributed by atoms with Crippen LogP contribution in [0.2, 0.25) is 0 Å². The molecule has 7 nitrogen and oxygen atoms in total. The minimum absolute atomic E-state index is 0.0476. The van der Waals surface area contributed by atoms with Crippen molar-refractivity contribution >= 4 is 27.5 Å². The molecule has 0 bridgehead atoms. The number of hydrogen-bond acceptors (Lipinski definition) is 4. The molecule has 0 unspecified atom stereocenters. The summed E-state index contributed by atoms with van der Waals surface area (Å²) in [5.41, 5.74) is -0.286. The van der Waals surface area contributed by atoms with Crippen molar-refractivity contribution in [1.82, 2.24) is 10.2 Å². The fourth-order valence-corrected chi connectivity index (χ4v) is 4.57. The maximum absolute atomic E-state index is 13.2. The molecule has 2 amide bonds. The lowest BCUT2D eigenvalue weighted by Gasteiger charge is -2.30. The summed E-state index contributed by atoms with van der Waals surface area (Å²) in [5.74, 6) is -0.696. The molecule has 1 atom stereocenters. The maximum Gasteiger partial charge on any atom is 0.416 e. The number of sulfonamides is 1. The standard InChI is InChI=1S/C25H32F3N3O4S/c1-18(2)29-24(33)19(3)30(17-20-10-6-5-7-11-20)23(32)14-9-15-31(36(4,34)35)22-13-8-12-21(16-22)25(26,27)28/h5-8,10-13,16,18-19H,9,14-15,17H2,1-4H3,(H,29,33)/t19-/m0/s1. The Morgan fingerprint density at radius 2 is 1.64 bits per heavy atom. The van der Waals surface area contributed by atoms with Gasteiger partial charge in [-0.25, -0.2) is 8.42 Å². The topological polar surface area (TPSA) is 86.8 Å². The van der Waals surface area contributed by atoms with Crippen molar-refractivity contribution in [3.63, 3.8) is 0 Å². The molecule has 0 aliphatic heterocycles. The zero-order valence-corrected chi connectivity index (χ0v) is 21.6. The van der Waals surface area contributed by atoms with Gasteiger partial charge in [0.05, 0.1) is 17.5 Å². The first-order chi connectivity index (χ1) is 16.7. The molecule has 0 aromatic heterocycles. The van der Waals surface area contributed by atoms with Crippen molar-refractivity contribution in [2.75, 3.05) is 17.1 Å². The van der Waals surface area contributed by atoms with E-state index in [-0.39, 0.29) is 49.5 Å². The lowest BCUT2D eigenvalue weighted by atomic mass is 10.1. The van der Waals surface area contributed by atoms with Gasteiger partial charge in [-0.3, -0.25) is 13.9 Å². The molecule has 198 valence electrons. The van der Waals surface area contributed by atoms with Crippen molar-refractivity contribution < 1.29 is 31.2 Å². The average Bonchev–Trinajstić information content (AvgIpc) is 2.78. The van der Waals surface area contributed by atoms with Crippen LogP contribution in [0.3, 0.4) is 0 Å². The summed E-state index contributed by atoms with van der Waals surface area (Å²) in [6, 6.07) is 12.2. The highest BCUT2D eigenvalue weighted by Crippen LogP contribution is 2.32. The molecule has 2 rings (SSSR count). The summed E-state index contributed by atoms with van der Waals surface area (Å²) in [4.78, 5) is 27.2. The second-order valence-electron chi connectivity index (χ2n) is 8.83. The first-order valence-corrected chi connectivity index (χ1v) is 13.3. The summed E-state index contributed by atoms with van der Waals surface area (Å²) in [7, 11) is -3.91. The normalized spacial score (nSPS) is 12.8. The first-order valence-electron chi connectivity index (χ1n) is 11.5. The Morgan fingerprint density at radius 1 is 1.00 bits per heavy atom. The summed E-state index contributed by atoms with van der Waals surface area (Å²) < 4.78 is 64.9. The SMILES string of the molecule is CC(C)NC(=O)[C@H](C)N(Cc1ccccc1)C(=O)CCCN(c1cccc(C(F)(F)F)c1)S(C)(=O)=O.